The Labute approximate surface area is 197 Å². The van der Waals surface area contributed by atoms with E-state index in [2.05, 4.69) is 29.6 Å². The highest BCUT2D eigenvalue weighted by Gasteiger charge is 2.41. The summed E-state index contributed by atoms with van der Waals surface area (Å²) in [6, 6.07) is 15.5. The average Bonchev–Trinajstić information content (AvgIpc) is 3.66. The minimum absolute atomic E-state index is 0.0421. The number of hydrogen-bond acceptors (Lipinski definition) is 5. The van der Waals surface area contributed by atoms with Gasteiger partial charge in [0.2, 0.25) is 5.91 Å². The van der Waals surface area contributed by atoms with Crippen LogP contribution in [0, 0.1) is 11.8 Å². The van der Waals surface area contributed by atoms with Gasteiger partial charge in [0, 0.05) is 19.0 Å². The molecule has 0 radical (unpaired) electrons. The number of nitrogens with one attached hydrogen (secondary N) is 1. The zero-order valence-corrected chi connectivity index (χ0v) is 18.8. The van der Waals surface area contributed by atoms with Gasteiger partial charge in [-0.25, -0.2) is 4.79 Å². The van der Waals surface area contributed by atoms with Crippen molar-refractivity contribution in [2.45, 2.75) is 24.8 Å². The van der Waals surface area contributed by atoms with Crippen molar-refractivity contribution in [2.75, 3.05) is 32.9 Å². The third kappa shape index (κ3) is 4.50. The smallest absolute Gasteiger partial charge is 0.407 e. The van der Waals surface area contributed by atoms with E-state index >= 15 is 0 Å². The lowest BCUT2D eigenvalue weighted by Gasteiger charge is -2.27. The number of hydrogen-bond donors (Lipinski definition) is 2. The molecule has 5 rings (SSSR count). The number of alkyl carbamates (subject to hydrolysis) is 1. The van der Waals surface area contributed by atoms with Crippen molar-refractivity contribution in [1.82, 2.24) is 10.2 Å². The van der Waals surface area contributed by atoms with Crippen LogP contribution in [0.1, 0.15) is 29.9 Å². The van der Waals surface area contributed by atoms with E-state index in [0.717, 1.165) is 35.1 Å². The van der Waals surface area contributed by atoms with Crippen LogP contribution >= 0.6 is 0 Å². The normalized spacial score (nSPS) is 20.6. The Morgan fingerprint density at radius 1 is 1.06 bits per heavy atom. The molecule has 178 valence electrons. The van der Waals surface area contributed by atoms with E-state index in [1.54, 1.807) is 0 Å². The van der Waals surface area contributed by atoms with Gasteiger partial charge in [-0.05, 0) is 41.0 Å². The maximum absolute atomic E-state index is 13.2. The molecule has 2 atom stereocenters. The molecule has 2 aromatic rings. The Morgan fingerprint density at radius 2 is 1.71 bits per heavy atom. The zero-order chi connectivity index (χ0) is 23.7. The lowest BCUT2D eigenvalue weighted by atomic mass is 9.98. The van der Waals surface area contributed by atoms with Gasteiger partial charge < -0.3 is 24.8 Å². The van der Waals surface area contributed by atoms with E-state index in [4.69, 9.17) is 9.47 Å². The summed E-state index contributed by atoms with van der Waals surface area (Å²) < 4.78 is 11.0. The summed E-state index contributed by atoms with van der Waals surface area (Å²) in [5, 5.41) is 12.1. The average molecular weight is 465 g/mol. The predicted octanol–water partition coefficient (Wildman–Crippen LogP) is 2.86. The second kappa shape index (κ2) is 9.46. The van der Waals surface area contributed by atoms with Crippen LogP contribution in [0.4, 0.5) is 4.79 Å². The van der Waals surface area contributed by atoms with Crippen LogP contribution in [0.5, 0.6) is 0 Å². The molecule has 0 aromatic heterocycles. The summed E-state index contributed by atoms with van der Waals surface area (Å²) in [5.41, 5.74) is 4.54. The first-order valence-corrected chi connectivity index (χ1v) is 11.7. The standard InChI is InChI=1S/C26H28N2O6/c29-24(28-11-12-33-14-17(13-28)25(30)31)23(16-9-10-16)27-26(32)34-15-22-20-7-3-1-5-18(20)19-6-2-4-8-21(19)22/h1-8,16-17,22-23H,9-15H2,(H,27,32)(H,30,31). The molecule has 2 aliphatic carbocycles. The number of aliphatic carboxylic acids is 1. The van der Waals surface area contributed by atoms with Crippen molar-refractivity contribution in [3.05, 3.63) is 59.7 Å². The predicted molar refractivity (Wildman–Crippen MR) is 123 cm³/mol. The maximum Gasteiger partial charge on any atom is 0.407 e. The topological polar surface area (TPSA) is 105 Å². The molecule has 1 saturated heterocycles. The lowest BCUT2D eigenvalue weighted by Crippen LogP contribution is -2.51. The first kappa shape index (κ1) is 22.4. The van der Waals surface area contributed by atoms with Gasteiger partial charge in [0.1, 0.15) is 12.6 Å². The molecule has 0 spiro atoms. The summed E-state index contributed by atoms with van der Waals surface area (Å²) in [5.74, 6) is -2.06. The van der Waals surface area contributed by atoms with Gasteiger partial charge in [0.05, 0.1) is 19.1 Å². The van der Waals surface area contributed by atoms with Gasteiger partial charge in [-0.15, -0.1) is 0 Å². The fraction of sp³-hybridized carbons (Fsp3) is 0.423. The van der Waals surface area contributed by atoms with Gasteiger partial charge in [-0.1, -0.05) is 48.5 Å². The number of amides is 2. The highest BCUT2D eigenvalue weighted by Crippen LogP contribution is 2.44. The second-order valence-electron chi connectivity index (χ2n) is 9.18. The molecule has 2 fully saturated rings. The molecule has 2 unspecified atom stereocenters. The number of rotatable bonds is 6. The largest absolute Gasteiger partial charge is 0.481 e. The van der Waals surface area contributed by atoms with Gasteiger partial charge in [-0.3, -0.25) is 9.59 Å². The Kier molecular flexibility index (Phi) is 6.24. The molecule has 8 nitrogen and oxygen atoms in total. The summed E-state index contributed by atoms with van der Waals surface area (Å²) in [4.78, 5) is 38.9. The summed E-state index contributed by atoms with van der Waals surface area (Å²) >= 11 is 0. The van der Waals surface area contributed by atoms with E-state index in [1.165, 1.54) is 4.90 Å². The lowest BCUT2D eigenvalue weighted by molar-refractivity contribution is -0.144. The van der Waals surface area contributed by atoms with Crippen LogP contribution < -0.4 is 5.32 Å². The molecule has 34 heavy (non-hydrogen) atoms. The Morgan fingerprint density at radius 3 is 2.32 bits per heavy atom. The number of benzene rings is 2. The van der Waals surface area contributed by atoms with E-state index in [-0.39, 0.29) is 44.1 Å². The van der Waals surface area contributed by atoms with Crippen molar-refractivity contribution >= 4 is 18.0 Å². The summed E-state index contributed by atoms with van der Waals surface area (Å²) in [7, 11) is 0. The third-order valence-corrected chi connectivity index (χ3v) is 6.90. The van der Waals surface area contributed by atoms with Crippen molar-refractivity contribution in [3.63, 3.8) is 0 Å². The van der Waals surface area contributed by atoms with Crippen molar-refractivity contribution in [3.8, 4) is 11.1 Å². The highest BCUT2D eigenvalue weighted by atomic mass is 16.5. The molecule has 2 amide bonds. The van der Waals surface area contributed by atoms with Crippen molar-refractivity contribution in [2.24, 2.45) is 11.8 Å². The maximum atomic E-state index is 13.2. The van der Waals surface area contributed by atoms with Gasteiger partial charge >= 0.3 is 12.1 Å². The number of carbonyl (C=O) groups is 3. The third-order valence-electron chi connectivity index (χ3n) is 6.90. The molecule has 3 aliphatic rings. The van der Waals surface area contributed by atoms with Crippen LogP contribution in [-0.4, -0.2) is 66.9 Å². The number of fused-ring (bicyclic) bond motifs is 3. The Balaban J connectivity index is 1.25. The van der Waals surface area contributed by atoms with Crippen LogP contribution in [0.15, 0.2) is 48.5 Å². The summed E-state index contributed by atoms with van der Waals surface area (Å²) in [6.07, 6.45) is 1.05. The van der Waals surface area contributed by atoms with Gasteiger partial charge in [-0.2, -0.15) is 0 Å². The number of ether oxygens (including phenoxy) is 2. The van der Waals surface area contributed by atoms with E-state index in [9.17, 15) is 19.5 Å². The highest BCUT2D eigenvalue weighted by molar-refractivity contribution is 5.87. The summed E-state index contributed by atoms with van der Waals surface area (Å²) in [6.45, 7) is 0.900. The first-order valence-electron chi connectivity index (χ1n) is 11.7. The molecular weight excluding hydrogens is 436 g/mol. The molecule has 2 N–H and O–H groups in total. The van der Waals surface area contributed by atoms with E-state index in [0.29, 0.717) is 6.54 Å². The number of carbonyl (C=O) groups excluding carboxylic acids is 2. The van der Waals surface area contributed by atoms with E-state index < -0.39 is 24.0 Å². The SMILES string of the molecule is O=C(NC(C(=O)N1CCOCC(C(=O)O)C1)C1CC1)OCC1c2ccccc2-c2ccccc21. The van der Waals surface area contributed by atoms with Crippen LogP contribution in [0.2, 0.25) is 0 Å². The molecule has 2 aromatic carbocycles. The van der Waals surface area contributed by atoms with Crippen molar-refractivity contribution < 1.29 is 29.0 Å². The fourth-order valence-corrected chi connectivity index (χ4v) is 4.93. The monoisotopic (exact) mass is 464 g/mol. The first-order chi connectivity index (χ1) is 16.5. The minimum atomic E-state index is -0.993. The molecular formula is C26H28N2O6. The molecule has 1 saturated carbocycles. The van der Waals surface area contributed by atoms with Gasteiger partial charge in [0.25, 0.3) is 0 Å². The van der Waals surface area contributed by atoms with E-state index in [1.807, 2.05) is 24.3 Å². The second-order valence-corrected chi connectivity index (χ2v) is 9.18. The van der Waals surface area contributed by atoms with Crippen molar-refractivity contribution in [1.29, 1.82) is 0 Å². The molecule has 8 heteroatoms. The minimum Gasteiger partial charge on any atom is -0.481 e. The van der Waals surface area contributed by atoms with Crippen LogP contribution in [0.3, 0.4) is 0 Å². The fourth-order valence-electron chi connectivity index (χ4n) is 4.93. The zero-order valence-electron chi connectivity index (χ0n) is 18.8. The van der Waals surface area contributed by atoms with Crippen LogP contribution in [-0.2, 0) is 19.1 Å². The molecule has 1 aliphatic heterocycles. The quantitative estimate of drug-likeness (QED) is 0.681. The molecule has 0 bridgehead atoms. The van der Waals surface area contributed by atoms with Gasteiger partial charge in [0.15, 0.2) is 0 Å². The number of carboxylic acid groups (broad SMARTS) is 1. The van der Waals surface area contributed by atoms with Crippen LogP contribution in [0.25, 0.3) is 11.1 Å². The number of carboxylic acids is 1. The Bertz CT molecular complexity index is 1050. The Hall–Kier alpha value is -3.39. The number of nitrogens with zero attached hydrogens (tertiary/aromatic N) is 1. The molecule has 1 heterocycles.